The van der Waals surface area contributed by atoms with Crippen molar-refractivity contribution in [1.29, 1.82) is 0 Å². The molecule has 0 atom stereocenters. The van der Waals surface area contributed by atoms with Crippen molar-refractivity contribution in [3.63, 3.8) is 0 Å². The van der Waals surface area contributed by atoms with Crippen LogP contribution in [0, 0.1) is 0 Å². The summed E-state index contributed by atoms with van der Waals surface area (Å²) in [5.74, 6) is 0.0334. The summed E-state index contributed by atoms with van der Waals surface area (Å²) in [4.78, 5) is 24.6. The van der Waals surface area contributed by atoms with Gasteiger partial charge in [-0.3, -0.25) is 19.7 Å². The molecule has 30 heavy (non-hydrogen) atoms. The summed E-state index contributed by atoms with van der Waals surface area (Å²) in [7, 11) is 0. The first-order valence-electron chi connectivity index (χ1n) is 9.82. The summed E-state index contributed by atoms with van der Waals surface area (Å²) in [6, 6.07) is 20.0. The summed E-state index contributed by atoms with van der Waals surface area (Å²) >= 11 is 0. The number of aromatic nitrogens is 3. The Morgan fingerprint density at radius 1 is 0.867 bits per heavy atom. The van der Waals surface area contributed by atoms with Crippen LogP contribution in [0.1, 0.15) is 29.5 Å². The topological polar surface area (TPSA) is 67.8 Å². The van der Waals surface area contributed by atoms with Crippen molar-refractivity contribution < 1.29 is 4.79 Å². The van der Waals surface area contributed by atoms with E-state index in [4.69, 9.17) is 0 Å². The molecule has 5 nitrogen and oxygen atoms in total. The highest BCUT2D eigenvalue weighted by molar-refractivity contribution is 5.89. The lowest BCUT2D eigenvalue weighted by Crippen LogP contribution is -2.08. The lowest BCUT2D eigenvalue weighted by atomic mass is 9.86. The minimum absolute atomic E-state index is 0.0861. The average molecular weight is 394 g/mol. The normalized spacial score (nSPS) is 10.7. The molecular weight excluding hydrogens is 372 g/mol. The molecular formula is C25H22N4O. The minimum Gasteiger partial charge on any atom is -0.326 e. The molecule has 0 spiro atoms. The number of pyridine rings is 3. The van der Waals surface area contributed by atoms with Crippen LogP contribution in [0.5, 0.6) is 0 Å². The largest absolute Gasteiger partial charge is 0.326 e. The van der Waals surface area contributed by atoms with Gasteiger partial charge in [-0.15, -0.1) is 0 Å². The lowest BCUT2D eigenvalue weighted by molar-refractivity contribution is -0.114. The lowest BCUT2D eigenvalue weighted by Gasteiger charge is -2.19. The fourth-order valence-corrected chi connectivity index (χ4v) is 3.59. The zero-order valence-corrected chi connectivity index (χ0v) is 16.7. The number of anilines is 1. The van der Waals surface area contributed by atoms with Crippen molar-refractivity contribution in [1.82, 2.24) is 15.0 Å². The molecule has 0 aliphatic carbocycles. The van der Waals surface area contributed by atoms with Crippen LogP contribution in [0.15, 0.2) is 91.6 Å². The molecule has 148 valence electrons. The van der Waals surface area contributed by atoms with E-state index in [2.05, 4.69) is 38.5 Å². The van der Waals surface area contributed by atoms with Crippen LogP contribution in [0.25, 0.3) is 11.3 Å². The molecule has 0 radical (unpaired) electrons. The predicted octanol–water partition coefficient (Wildman–Crippen LogP) is 4.87. The number of nitrogens with one attached hydrogen (secondary N) is 1. The van der Waals surface area contributed by atoms with Crippen molar-refractivity contribution >= 4 is 11.6 Å². The Hall–Kier alpha value is -3.86. The number of rotatable bonds is 6. The highest BCUT2D eigenvalue weighted by atomic mass is 16.1. The third-order valence-electron chi connectivity index (χ3n) is 4.97. The van der Waals surface area contributed by atoms with Crippen LogP contribution in [0.4, 0.5) is 5.69 Å². The molecule has 1 N–H and O–H groups in total. The van der Waals surface area contributed by atoms with E-state index in [0.29, 0.717) is 0 Å². The predicted molar refractivity (Wildman–Crippen MR) is 118 cm³/mol. The maximum absolute atomic E-state index is 11.3. The number of benzene rings is 1. The molecule has 5 heteroatoms. The first-order chi connectivity index (χ1) is 14.7. The van der Waals surface area contributed by atoms with Crippen LogP contribution in [-0.4, -0.2) is 20.9 Å². The Balaban J connectivity index is 1.69. The monoisotopic (exact) mass is 394 g/mol. The smallest absolute Gasteiger partial charge is 0.221 e. The Bertz CT molecular complexity index is 1070. The molecule has 0 bridgehead atoms. The van der Waals surface area contributed by atoms with E-state index >= 15 is 0 Å². The first-order valence-corrected chi connectivity index (χ1v) is 9.82. The van der Waals surface area contributed by atoms with E-state index in [1.165, 1.54) is 6.92 Å². The van der Waals surface area contributed by atoms with Crippen molar-refractivity contribution in [3.05, 3.63) is 108 Å². The number of nitrogens with zero attached hydrogens (tertiary/aromatic N) is 3. The van der Waals surface area contributed by atoms with Crippen LogP contribution in [0.3, 0.4) is 0 Å². The number of carbonyl (C=O) groups excluding carboxylic acids is 1. The van der Waals surface area contributed by atoms with Gasteiger partial charge in [0.15, 0.2) is 0 Å². The fourth-order valence-electron chi connectivity index (χ4n) is 3.59. The number of amides is 1. The van der Waals surface area contributed by atoms with Crippen LogP contribution in [-0.2, 0) is 11.2 Å². The van der Waals surface area contributed by atoms with E-state index in [0.717, 1.165) is 40.1 Å². The second-order valence-corrected chi connectivity index (χ2v) is 7.10. The first kappa shape index (κ1) is 19.5. The number of hydrogen-bond donors (Lipinski definition) is 1. The van der Waals surface area contributed by atoms with E-state index < -0.39 is 0 Å². The van der Waals surface area contributed by atoms with E-state index in [9.17, 15) is 4.79 Å². The van der Waals surface area contributed by atoms with Gasteiger partial charge in [-0.2, -0.15) is 0 Å². The van der Waals surface area contributed by atoms with Gasteiger partial charge in [-0.25, -0.2) is 0 Å². The Morgan fingerprint density at radius 3 is 2.07 bits per heavy atom. The van der Waals surface area contributed by atoms with Crippen LogP contribution >= 0.6 is 0 Å². The fraction of sp³-hybridized carbons (Fsp3) is 0.120. The highest BCUT2D eigenvalue weighted by Crippen LogP contribution is 2.31. The zero-order valence-electron chi connectivity index (χ0n) is 16.7. The summed E-state index contributed by atoms with van der Waals surface area (Å²) < 4.78 is 0. The molecule has 3 aromatic heterocycles. The second-order valence-electron chi connectivity index (χ2n) is 7.10. The van der Waals surface area contributed by atoms with Crippen molar-refractivity contribution in [3.8, 4) is 11.3 Å². The molecule has 1 amide bonds. The Labute approximate surface area is 175 Å². The Morgan fingerprint density at radius 2 is 1.50 bits per heavy atom. The van der Waals surface area contributed by atoms with Crippen molar-refractivity contribution in [2.24, 2.45) is 0 Å². The third-order valence-corrected chi connectivity index (χ3v) is 4.97. The minimum atomic E-state index is -0.0861. The van der Waals surface area contributed by atoms with Gasteiger partial charge in [0.05, 0.1) is 5.69 Å². The molecule has 3 heterocycles. The Kier molecular flexibility index (Phi) is 5.90. The molecule has 4 rings (SSSR count). The van der Waals surface area contributed by atoms with Gasteiger partial charge in [0.2, 0.25) is 5.91 Å². The molecule has 0 fully saturated rings. The van der Waals surface area contributed by atoms with Gasteiger partial charge in [0.1, 0.15) is 0 Å². The maximum Gasteiger partial charge on any atom is 0.221 e. The van der Waals surface area contributed by atoms with Crippen molar-refractivity contribution in [2.45, 2.75) is 19.3 Å². The second kappa shape index (κ2) is 9.09. The van der Waals surface area contributed by atoms with Gasteiger partial charge in [0, 0.05) is 55.1 Å². The summed E-state index contributed by atoms with van der Waals surface area (Å²) in [6.45, 7) is 1.50. The third kappa shape index (κ3) is 4.58. The van der Waals surface area contributed by atoms with Crippen molar-refractivity contribution in [2.75, 3.05) is 5.32 Å². The summed E-state index contributed by atoms with van der Waals surface area (Å²) in [6.07, 6.45) is 9.98. The standard InChI is InChI=1S/C25H22N4O/c1-18(30)29-23-10-8-19(9-11-23)25-20(5-4-14-28-25)15-24(21-6-2-12-26-16-21)22-7-3-13-27-17-22/h2-14,16-17,24H,15H2,1H3,(H,29,30). The molecule has 0 unspecified atom stereocenters. The molecule has 0 saturated carbocycles. The summed E-state index contributed by atoms with van der Waals surface area (Å²) in [5, 5.41) is 2.80. The zero-order chi connectivity index (χ0) is 20.8. The number of hydrogen-bond acceptors (Lipinski definition) is 4. The van der Waals surface area contributed by atoms with Crippen LogP contribution < -0.4 is 5.32 Å². The molecule has 1 aromatic carbocycles. The average Bonchev–Trinajstić information content (AvgIpc) is 2.79. The molecule has 0 aliphatic rings. The van der Waals surface area contributed by atoms with E-state index in [-0.39, 0.29) is 11.8 Å². The highest BCUT2D eigenvalue weighted by Gasteiger charge is 2.18. The maximum atomic E-state index is 11.3. The van der Waals surface area contributed by atoms with Gasteiger partial charge in [-0.05, 0) is 53.4 Å². The van der Waals surface area contributed by atoms with Gasteiger partial charge in [0.25, 0.3) is 0 Å². The van der Waals surface area contributed by atoms with Gasteiger partial charge >= 0.3 is 0 Å². The summed E-state index contributed by atoms with van der Waals surface area (Å²) in [5.41, 5.74) is 6.14. The van der Waals surface area contributed by atoms with Gasteiger partial charge < -0.3 is 5.32 Å². The van der Waals surface area contributed by atoms with E-state index in [1.54, 1.807) is 12.4 Å². The molecule has 0 saturated heterocycles. The SMILES string of the molecule is CC(=O)Nc1ccc(-c2ncccc2CC(c2cccnc2)c2cccnc2)cc1. The number of carbonyl (C=O) groups is 1. The molecule has 4 aromatic rings. The quantitative estimate of drug-likeness (QED) is 0.506. The van der Waals surface area contributed by atoms with Gasteiger partial charge in [-0.1, -0.05) is 30.3 Å². The van der Waals surface area contributed by atoms with Crippen LogP contribution in [0.2, 0.25) is 0 Å². The molecule has 0 aliphatic heterocycles. The van der Waals surface area contributed by atoms with E-state index in [1.807, 2.05) is 61.1 Å².